The molecular weight excluding hydrogens is 272 g/mol. The Hall–Kier alpha value is -2.08. The molecule has 0 aliphatic carbocycles. The summed E-state index contributed by atoms with van der Waals surface area (Å²) in [7, 11) is 0. The molecule has 106 valence electrons. The van der Waals surface area contributed by atoms with Gasteiger partial charge in [0.15, 0.2) is 0 Å². The number of primary amides is 1. The number of hydrogen-bond donors (Lipinski definition) is 3. The molecule has 2 heterocycles. The fourth-order valence-electron chi connectivity index (χ4n) is 1.96. The van der Waals surface area contributed by atoms with Gasteiger partial charge in [-0.05, 0) is 32.0 Å². The third-order valence-electron chi connectivity index (χ3n) is 2.90. The Morgan fingerprint density at radius 1 is 1.50 bits per heavy atom. The fourth-order valence-corrected chi connectivity index (χ4v) is 2.98. The molecule has 1 unspecified atom stereocenters. The molecule has 0 spiro atoms. The van der Waals surface area contributed by atoms with E-state index in [-0.39, 0.29) is 6.04 Å². The molecule has 2 aromatic rings. The highest BCUT2D eigenvalue weighted by molar-refractivity contribution is 7.11. The zero-order valence-electron chi connectivity index (χ0n) is 11.5. The molecule has 6 heteroatoms. The molecule has 1 atom stereocenters. The van der Waals surface area contributed by atoms with Gasteiger partial charge < -0.3 is 16.8 Å². The van der Waals surface area contributed by atoms with Crippen LogP contribution in [0.5, 0.6) is 0 Å². The summed E-state index contributed by atoms with van der Waals surface area (Å²) in [5, 5.41) is 3.25. The normalized spacial score (nSPS) is 12.1. The van der Waals surface area contributed by atoms with E-state index in [4.69, 9.17) is 11.5 Å². The number of nitrogen functional groups attached to an aromatic ring is 1. The number of carbonyl (C=O) groups is 1. The molecule has 20 heavy (non-hydrogen) atoms. The lowest BCUT2D eigenvalue weighted by atomic mass is 10.2. The largest absolute Gasteiger partial charge is 0.397 e. The molecule has 0 radical (unpaired) electrons. The number of carbonyl (C=O) groups excluding carboxylic acids is 1. The van der Waals surface area contributed by atoms with Gasteiger partial charge in [-0.25, -0.2) is 4.98 Å². The molecule has 0 fully saturated rings. The summed E-state index contributed by atoms with van der Waals surface area (Å²) < 4.78 is 0. The molecule has 0 aliphatic rings. The number of nitrogens with zero attached hydrogens (tertiary/aromatic N) is 1. The zero-order valence-corrected chi connectivity index (χ0v) is 12.3. The van der Waals surface area contributed by atoms with Crippen molar-refractivity contribution in [2.45, 2.75) is 26.3 Å². The smallest absolute Gasteiger partial charge is 0.250 e. The number of amides is 1. The van der Waals surface area contributed by atoms with E-state index in [0.717, 1.165) is 6.42 Å². The zero-order chi connectivity index (χ0) is 14.7. The average Bonchev–Trinajstić information content (AvgIpc) is 2.76. The van der Waals surface area contributed by atoms with Gasteiger partial charge in [-0.1, -0.05) is 0 Å². The van der Waals surface area contributed by atoms with Crippen LogP contribution in [0, 0.1) is 6.92 Å². The topological polar surface area (TPSA) is 94.0 Å². The third kappa shape index (κ3) is 3.48. The summed E-state index contributed by atoms with van der Waals surface area (Å²) in [6.45, 7) is 4.16. The first kappa shape index (κ1) is 14.3. The van der Waals surface area contributed by atoms with Gasteiger partial charge >= 0.3 is 0 Å². The molecule has 0 saturated carbocycles. The van der Waals surface area contributed by atoms with E-state index in [1.54, 1.807) is 17.4 Å². The average molecular weight is 290 g/mol. The highest BCUT2D eigenvalue weighted by Gasteiger charge is 2.10. The van der Waals surface area contributed by atoms with Crippen LogP contribution < -0.4 is 16.8 Å². The maximum absolute atomic E-state index is 11.2. The highest BCUT2D eigenvalue weighted by atomic mass is 32.1. The standard InChI is InChI=1S/C14H18N4OS/c1-8(5-10-4-3-9(2)20-10)18-13-6-11(14(16)19)12(15)7-17-13/h3-4,6-8H,5,15H2,1-2H3,(H2,16,19)(H,17,18). The molecule has 0 bridgehead atoms. The van der Waals surface area contributed by atoms with Gasteiger partial charge in [-0.15, -0.1) is 11.3 Å². The van der Waals surface area contributed by atoms with Crippen molar-refractivity contribution >= 4 is 28.7 Å². The molecule has 5 nitrogen and oxygen atoms in total. The molecule has 2 rings (SSSR count). The summed E-state index contributed by atoms with van der Waals surface area (Å²) in [4.78, 5) is 18.0. The Morgan fingerprint density at radius 3 is 2.85 bits per heavy atom. The van der Waals surface area contributed by atoms with Crippen molar-refractivity contribution < 1.29 is 4.79 Å². The minimum atomic E-state index is -0.547. The Kier molecular flexibility index (Phi) is 4.24. The van der Waals surface area contributed by atoms with Crippen LogP contribution in [0.15, 0.2) is 24.4 Å². The van der Waals surface area contributed by atoms with E-state index in [9.17, 15) is 4.79 Å². The number of rotatable bonds is 5. The summed E-state index contributed by atoms with van der Waals surface area (Å²) in [6.07, 6.45) is 2.35. The number of aryl methyl sites for hydroxylation is 1. The highest BCUT2D eigenvalue weighted by Crippen LogP contribution is 2.19. The van der Waals surface area contributed by atoms with Gasteiger partial charge in [0, 0.05) is 22.2 Å². The predicted molar refractivity (Wildman–Crippen MR) is 83.0 cm³/mol. The van der Waals surface area contributed by atoms with Gasteiger partial charge in [0.2, 0.25) is 0 Å². The van der Waals surface area contributed by atoms with Crippen LogP contribution in [0.25, 0.3) is 0 Å². The summed E-state index contributed by atoms with van der Waals surface area (Å²) in [5.41, 5.74) is 11.5. The summed E-state index contributed by atoms with van der Waals surface area (Å²) in [6, 6.07) is 6.03. The van der Waals surface area contributed by atoms with Crippen LogP contribution in [-0.4, -0.2) is 16.9 Å². The lowest BCUT2D eigenvalue weighted by Gasteiger charge is -2.14. The van der Waals surface area contributed by atoms with E-state index >= 15 is 0 Å². The molecule has 2 aromatic heterocycles. The second kappa shape index (κ2) is 5.92. The maximum atomic E-state index is 11.2. The number of pyridine rings is 1. The van der Waals surface area contributed by atoms with E-state index in [0.29, 0.717) is 17.1 Å². The third-order valence-corrected chi connectivity index (χ3v) is 3.92. The maximum Gasteiger partial charge on any atom is 0.250 e. The first-order valence-corrected chi connectivity index (χ1v) is 7.14. The molecular formula is C14H18N4OS. The van der Waals surface area contributed by atoms with Crippen molar-refractivity contribution in [3.05, 3.63) is 39.7 Å². The van der Waals surface area contributed by atoms with Crippen LogP contribution >= 0.6 is 11.3 Å². The molecule has 0 aliphatic heterocycles. The van der Waals surface area contributed by atoms with Crippen molar-refractivity contribution in [2.24, 2.45) is 5.73 Å². The van der Waals surface area contributed by atoms with E-state index in [2.05, 4.69) is 36.3 Å². The van der Waals surface area contributed by atoms with Crippen molar-refractivity contribution in [3.8, 4) is 0 Å². The van der Waals surface area contributed by atoms with Crippen molar-refractivity contribution in [3.63, 3.8) is 0 Å². The van der Waals surface area contributed by atoms with Crippen LogP contribution in [0.3, 0.4) is 0 Å². The minimum absolute atomic E-state index is 0.199. The second-order valence-electron chi connectivity index (χ2n) is 4.78. The van der Waals surface area contributed by atoms with Gasteiger partial charge in [-0.3, -0.25) is 4.79 Å². The number of thiophene rings is 1. The molecule has 0 aromatic carbocycles. The van der Waals surface area contributed by atoms with E-state index in [1.807, 2.05) is 0 Å². The molecule has 5 N–H and O–H groups in total. The SMILES string of the molecule is Cc1ccc(CC(C)Nc2cc(C(N)=O)c(N)cn2)s1. The Labute approximate surface area is 122 Å². The van der Waals surface area contributed by atoms with Crippen LogP contribution in [0.4, 0.5) is 11.5 Å². The van der Waals surface area contributed by atoms with E-state index < -0.39 is 5.91 Å². The van der Waals surface area contributed by atoms with Gasteiger partial charge in [0.05, 0.1) is 17.4 Å². The van der Waals surface area contributed by atoms with Crippen LogP contribution in [0.2, 0.25) is 0 Å². The van der Waals surface area contributed by atoms with Crippen molar-refractivity contribution in [2.75, 3.05) is 11.1 Å². The van der Waals surface area contributed by atoms with Gasteiger partial charge in [0.1, 0.15) is 5.82 Å². The van der Waals surface area contributed by atoms with Crippen LogP contribution in [-0.2, 0) is 6.42 Å². The lowest BCUT2D eigenvalue weighted by Crippen LogP contribution is -2.20. The number of anilines is 2. The quantitative estimate of drug-likeness (QED) is 0.786. The predicted octanol–water partition coefficient (Wildman–Crippen LogP) is 2.18. The molecule has 1 amide bonds. The first-order chi connectivity index (χ1) is 9.45. The minimum Gasteiger partial charge on any atom is -0.397 e. The molecule has 0 saturated heterocycles. The van der Waals surface area contributed by atoms with Gasteiger partial charge in [0.25, 0.3) is 5.91 Å². The number of nitrogens with two attached hydrogens (primary N) is 2. The Bertz CT molecular complexity index is 623. The second-order valence-corrected chi connectivity index (χ2v) is 6.16. The van der Waals surface area contributed by atoms with E-state index in [1.165, 1.54) is 16.0 Å². The number of nitrogens with one attached hydrogen (secondary N) is 1. The van der Waals surface area contributed by atoms with Crippen molar-refractivity contribution in [1.29, 1.82) is 0 Å². The Balaban J connectivity index is 2.06. The number of aromatic nitrogens is 1. The summed E-state index contributed by atoms with van der Waals surface area (Å²) in [5.74, 6) is 0.0586. The lowest BCUT2D eigenvalue weighted by molar-refractivity contribution is 0.100. The van der Waals surface area contributed by atoms with Crippen molar-refractivity contribution in [1.82, 2.24) is 4.98 Å². The Morgan fingerprint density at radius 2 is 2.25 bits per heavy atom. The number of hydrogen-bond acceptors (Lipinski definition) is 5. The monoisotopic (exact) mass is 290 g/mol. The first-order valence-electron chi connectivity index (χ1n) is 6.33. The van der Waals surface area contributed by atoms with Crippen LogP contribution in [0.1, 0.15) is 27.0 Å². The fraction of sp³-hybridized carbons (Fsp3) is 0.286. The van der Waals surface area contributed by atoms with Gasteiger partial charge in [-0.2, -0.15) is 0 Å². The summed E-state index contributed by atoms with van der Waals surface area (Å²) >= 11 is 1.78.